The Morgan fingerprint density at radius 1 is 1.15 bits per heavy atom. The summed E-state index contributed by atoms with van der Waals surface area (Å²) in [4.78, 5) is 31.1. The van der Waals surface area contributed by atoms with E-state index in [0.717, 1.165) is 25.7 Å². The Morgan fingerprint density at radius 2 is 1.96 bits per heavy atom. The number of carbonyl (C=O) groups excluding carboxylic acids is 2. The van der Waals surface area contributed by atoms with Crippen LogP contribution >= 0.6 is 0 Å². The van der Waals surface area contributed by atoms with E-state index in [1.165, 1.54) is 19.3 Å². The minimum Gasteiger partial charge on any atom is -0.474 e. The molecule has 0 N–H and O–H groups in total. The highest BCUT2D eigenvalue weighted by Gasteiger charge is 2.38. The van der Waals surface area contributed by atoms with E-state index in [1.54, 1.807) is 23.2 Å². The molecular formula is C20H26N2O4. The lowest BCUT2D eigenvalue weighted by Gasteiger charge is -2.32. The topological polar surface area (TPSA) is 68.7 Å². The number of aromatic nitrogens is 1. The standard InChI is InChI=1S/C20H26N2O4/c23-19(14-6-7-14)17-13-22(10-11-25-17)20(24)15-8-9-21-18(12-15)26-16-4-2-1-3-5-16/h8-9,12,14,16-17H,1-7,10-11,13H2/t17-/m1/s1. The molecule has 2 heterocycles. The number of carbonyl (C=O) groups is 2. The predicted octanol–water partition coefficient (Wildman–Crippen LogP) is 2.61. The van der Waals surface area contributed by atoms with E-state index in [4.69, 9.17) is 9.47 Å². The molecule has 0 bridgehead atoms. The van der Waals surface area contributed by atoms with Gasteiger partial charge in [-0.2, -0.15) is 0 Å². The van der Waals surface area contributed by atoms with Gasteiger partial charge < -0.3 is 14.4 Å². The molecule has 1 aromatic heterocycles. The number of ketones is 1. The number of hydrogen-bond acceptors (Lipinski definition) is 5. The average molecular weight is 358 g/mol. The Balaban J connectivity index is 1.40. The third-order valence-corrected chi connectivity index (χ3v) is 5.47. The quantitative estimate of drug-likeness (QED) is 0.809. The van der Waals surface area contributed by atoms with Gasteiger partial charge >= 0.3 is 0 Å². The second kappa shape index (κ2) is 7.74. The lowest BCUT2D eigenvalue weighted by Crippen LogP contribution is -2.49. The molecule has 3 aliphatic rings. The largest absolute Gasteiger partial charge is 0.474 e. The summed E-state index contributed by atoms with van der Waals surface area (Å²) in [6.07, 6.45) is 9.01. The van der Waals surface area contributed by atoms with Crippen LogP contribution in [0.15, 0.2) is 18.3 Å². The van der Waals surface area contributed by atoms with E-state index >= 15 is 0 Å². The smallest absolute Gasteiger partial charge is 0.254 e. The van der Waals surface area contributed by atoms with Gasteiger partial charge in [0.15, 0.2) is 5.78 Å². The van der Waals surface area contributed by atoms with Gasteiger partial charge in [0.25, 0.3) is 5.91 Å². The van der Waals surface area contributed by atoms with Crippen molar-refractivity contribution in [1.82, 2.24) is 9.88 Å². The molecule has 0 radical (unpaired) electrons. The summed E-state index contributed by atoms with van der Waals surface area (Å²) in [6, 6.07) is 3.44. The molecule has 4 rings (SSSR count). The fourth-order valence-corrected chi connectivity index (χ4v) is 3.78. The van der Waals surface area contributed by atoms with Crippen LogP contribution in [0.4, 0.5) is 0 Å². The second-order valence-electron chi connectivity index (χ2n) is 7.55. The first kappa shape index (κ1) is 17.5. The maximum absolute atomic E-state index is 12.9. The van der Waals surface area contributed by atoms with Crippen molar-refractivity contribution in [3.8, 4) is 5.88 Å². The van der Waals surface area contributed by atoms with Crippen molar-refractivity contribution in [1.29, 1.82) is 0 Å². The van der Waals surface area contributed by atoms with Crippen molar-refractivity contribution < 1.29 is 19.1 Å². The number of Topliss-reactive ketones (excluding diaryl/α,β-unsaturated/α-hetero) is 1. The van der Waals surface area contributed by atoms with Crippen molar-refractivity contribution in [3.05, 3.63) is 23.9 Å². The summed E-state index contributed by atoms with van der Waals surface area (Å²) in [5.41, 5.74) is 0.560. The van der Waals surface area contributed by atoms with E-state index in [0.29, 0.717) is 31.1 Å². The maximum Gasteiger partial charge on any atom is 0.254 e. The van der Waals surface area contributed by atoms with Gasteiger partial charge in [-0.1, -0.05) is 6.42 Å². The minimum absolute atomic E-state index is 0.0854. The van der Waals surface area contributed by atoms with Crippen molar-refractivity contribution in [2.24, 2.45) is 5.92 Å². The van der Waals surface area contributed by atoms with Crippen molar-refractivity contribution in [3.63, 3.8) is 0 Å². The summed E-state index contributed by atoms with van der Waals surface area (Å²) in [7, 11) is 0. The molecule has 0 spiro atoms. The molecule has 1 amide bonds. The number of ether oxygens (including phenoxy) is 2. The number of nitrogens with zero attached hydrogens (tertiary/aromatic N) is 2. The lowest BCUT2D eigenvalue weighted by atomic mass is 9.98. The first-order valence-electron chi connectivity index (χ1n) is 9.78. The molecule has 0 unspecified atom stereocenters. The Hall–Kier alpha value is -1.95. The molecule has 1 atom stereocenters. The van der Waals surface area contributed by atoms with Crippen LogP contribution in [0, 0.1) is 5.92 Å². The summed E-state index contributed by atoms with van der Waals surface area (Å²) in [5, 5.41) is 0. The van der Waals surface area contributed by atoms with E-state index in [9.17, 15) is 9.59 Å². The molecule has 1 saturated heterocycles. The number of hydrogen-bond donors (Lipinski definition) is 0. The van der Waals surface area contributed by atoms with E-state index in [-0.39, 0.29) is 23.7 Å². The van der Waals surface area contributed by atoms with Crippen LogP contribution < -0.4 is 4.74 Å². The first-order valence-corrected chi connectivity index (χ1v) is 9.78. The zero-order valence-corrected chi connectivity index (χ0v) is 15.1. The zero-order valence-electron chi connectivity index (χ0n) is 15.1. The summed E-state index contributed by atoms with van der Waals surface area (Å²) < 4.78 is 11.6. The Kier molecular flexibility index (Phi) is 5.20. The van der Waals surface area contributed by atoms with Crippen molar-refractivity contribution >= 4 is 11.7 Å². The van der Waals surface area contributed by atoms with E-state index < -0.39 is 6.10 Å². The number of amides is 1. The van der Waals surface area contributed by atoms with Crippen molar-refractivity contribution in [2.75, 3.05) is 19.7 Å². The predicted molar refractivity (Wildman–Crippen MR) is 95.1 cm³/mol. The van der Waals surface area contributed by atoms with Crippen LogP contribution in [-0.2, 0) is 9.53 Å². The van der Waals surface area contributed by atoms with Crippen LogP contribution in [0.3, 0.4) is 0 Å². The number of rotatable bonds is 5. The van der Waals surface area contributed by atoms with Gasteiger partial charge in [-0.25, -0.2) is 4.98 Å². The highest BCUT2D eigenvalue weighted by molar-refractivity contribution is 5.95. The Morgan fingerprint density at radius 3 is 2.73 bits per heavy atom. The van der Waals surface area contributed by atoms with Crippen LogP contribution in [0.2, 0.25) is 0 Å². The highest BCUT2D eigenvalue weighted by Crippen LogP contribution is 2.32. The Labute approximate surface area is 153 Å². The molecular weight excluding hydrogens is 332 g/mol. The molecule has 140 valence electrons. The maximum atomic E-state index is 12.9. The SMILES string of the molecule is O=C(C1CC1)[C@H]1CN(C(=O)c2ccnc(OC3CCCCC3)c2)CCO1. The monoisotopic (exact) mass is 358 g/mol. The third-order valence-electron chi connectivity index (χ3n) is 5.47. The molecule has 26 heavy (non-hydrogen) atoms. The van der Waals surface area contributed by atoms with Gasteiger partial charge in [0.1, 0.15) is 12.2 Å². The van der Waals surface area contributed by atoms with Crippen LogP contribution in [0.1, 0.15) is 55.3 Å². The summed E-state index contributed by atoms with van der Waals surface area (Å²) in [5.74, 6) is 0.726. The summed E-state index contributed by atoms with van der Waals surface area (Å²) >= 11 is 0. The molecule has 0 aromatic carbocycles. The fourth-order valence-electron chi connectivity index (χ4n) is 3.78. The van der Waals surface area contributed by atoms with Gasteiger partial charge in [0.05, 0.1) is 13.2 Å². The fraction of sp³-hybridized carbons (Fsp3) is 0.650. The van der Waals surface area contributed by atoms with Gasteiger partial charge in [-0.15, -0.1) is 0 Å². The normalized spacial score (nSPS) is 24.3. The number of pyridine rings is 1. The molecule has 1 aliphatic heterocycles. The first-order chi connectivity index (χ1) is 12.7. The summed E-state index contributed by atoms with van der Waals surface area (Å²) in [6.45, 7) is 1.26. The molecule has 2 saturated carbocycles. The zero-order chi connectivity index (χ0) is 17.9. The van der Waals surface area contributed by atoms with Crippen molar-refractivity contribution in [2.45, 2.75) is 57.2 Å². The van der Waals surface area contributed by atoms with Crippen LogP contribution in [0.5, 0.6) is 5.88 Å². The molecule has 2 aliphatic carbocycles. The van der Waals surface area contributed by atoms with Gasteiger partial charge in [0, 0.05) is 30.3 Å². The molecule has 6 heteroatoms. The van der Waals surface area contributed by atoms with E-state index in [1.807, 2.05) is 0 Å². The van der Waals surface area contributed by atoms with Crippen LogP contribution in [-0.4, -0.2) is 53.5 Å². The van der Waals surface area contributed by atoms with E-state index in [2.05, 4.69) is 4.98 Å². The third kappa shape index (κ3) is 4.06. The molecule has 1 aromatic rings. The van der Waals surface area contributed by atoms with Crippen LogP contribution in [0.25, 0.3) is 0 Å². The molecule has 6 nitrogen and oxygen atoms in total. The Bertz CT molecular complexity index is 668. The minimum atomic E-state index is -0.472. The second-order valence-corrected chi connectivity index (χ2v) is 7.55. The average Bonchev–Trinajstić information content (AvgIpc) is 3.53. The molecule has 3 fully saturated rings. The lowest BCUT2D eigenvalue weighted by molar-refractivity contribution is -0.136. The van der Waals surface area contributed by atoms with Gasteiger partial charge in [0.2, 0.25) is 5.88 Å². The van der Waals surface area contributed by atoms with Gasteiger partial charge in [-0.3, -0.25) is 9.59 Å². The van der Waals surface area contributed by atoms with Gasteiger partial charge in [-0.05, 0) is 44.6 Å². The highest BCUT2D eigenvalue weighted by atomic mass is 16.5. The number of morpholine rings is 1.